The largest absolute Gasteiger partial charge is 0.480 e. The van der Waals surface area contributed by atoms with Crippen LogP contribution < -0.4 is 5.56 Å². The summed E-state index contributed by atoms with van der Waals surface area (Å²) in [5, 5.41) is 8.58. The van der Waals surface area contributed by atoms with Crippen molar-refractivity contribution in [2.24, 2.45) is 0 Å². The highest BCUT2D eigenvalue weighted by molar-refractivity contribution is 5.66. The third-order valence-electron chi connectivity index (χ3n) is 2.54. The van der Waals surface area contributed by atoms with E-state index in [-0.39, 0.29) is 12.1 Å². The number of carbonyl (C=O) groups is 1. The number of aliphatic carboxylic acids is 1. The molecule has 0 atom stereocenters. The number of nitrogens with zero attached hydrogens (tertiary/aromatic N) is 1. The standard InChI is InChI=1S/C10H11NO3/c12-9(13)6-11-5-4-7-2-1-3-8(7)10(11)14/h4-5H,1-3,6H2,(H,12,13). The molecule has 2 rings (SSSR count). The van der Waals surface area contributed by atoms with E-state index < -0.39 is 5.97 Å². The van der Waals surface area contributed by atoms with Gasteiger partial charge in [0.15, 0.2) is 0 Å². The van der Waals surface area contributed by atoms with E-state index in [2.05, 4.69) is 0 Å². The van der Waals surface area contributed by atoms with Crippen LogP contribution in [0.5, 0.6) is 0 Å². The number of hydrogen-bond acceptors (Lipinski definition) is 2. The minimum atomic E-state index is -0.981. The van der Waals surface area contributed by atoms with Gasteiger partial charge in [0.05, 0.1) is 0 Å². The molecule has 1 aliphatic rings. The third kappa shape index (κ3) is 1.43. The van der Waals surface area contributed by atoms with Gasteiger partial charge in [-0.2, -0.15) is 0 Å². The number of pyridine rings is 1. The van der Waals surface area contributed by atoms with Gasteiger partial charge < -0.3 is 9.67 Å². The molecule has 4 nitrogen and oxygen atoms in total. The summed E-state index contributed by atoms with van der Waals surface area (Å²) in [6, 6.07) is 1.85. The zero-order valence-corrected chi connectivity index (χ0v) is 7.69. The number of carboxylic acids is 1. The lowest BCUT2D eigenvalue weighted by atomic mass is 10.2. The highest BCUT2D eigenvalue weighted by Crippen LogP contribution is 2.17. The fourth-order valence-electron chi connectivity index (χ4n) is 1.89. The number of aryl methyl sites for hydroxylation is 1. The van der Waals surface area contributed by atoms with Gasteiger partial charge in [-0.3, -0.25) is 9.59 Å². The van der Waals surface area contributed by atoms with Crippen LogP contribution in [0, 0.1) is 0 Å². The normalized spacial score (nSPS) is 14.0. The SMILES string of the molecule is O=C(O)Cn1ccc2c(c1=O)CCC2. The average Bonchev–Trinajstić information content (AvgIpc) is 2.57. The highest BCUT2D eigenvalue weighted by Gasteiger charge is 2.16. The van der Waals surface area contributed by atoms with Gasteiger partial charge in [-0.1, -0.05) is 0 Å². The quantitative estimate of drug-likeness (QED) is 0.740. The minimum Gasteiger partial charge on any atom is -0.480 e. The maximum absolute atomic E-state index is 11.7. The van der Waals surface area contributed by atoms with Crippen molar-refractivity contribution >= 4 is 5.97 Å². The maximum atomic E-state index is 11.7. The fourth-order valence-corrected chi connectivity index (χ4v) is 1.89. The van der Waals surface area contributed by atoms with E-state index in [1.807, 2.05) is 6.07 Å². The second kappa shape index (κ2) is 3.29. The van der Waals surface area contributed by atoms with E-state index >= 15 is 0 Å². The zero-order chi connectivity index (χ0) is 10.1. The van der Waals surface area contributed by atoms with Gasteiger partial charge in [0.2, 0.25) is 0 Å². The summed E-state index contributed by atoms with van der Waals surface area (Å²) >= 11 is 0. The first-order valence-corrected chi connectivity index (χ1v) is 4.61. The van der Waals surface area contributed by atoms with Crippen LogP contribution >= 0.6 is 0 Å². The number of hydrogen-bond donors (Lipinski definition) is 1. The molecule has 4 heteroatoms. The summed E-state index contributed by atoms with van der Waals surface area (Å²) in [6.45, 7) is -0.244. The molecule has 14 heavy (non-hydrogen) atoms. The van der Waals surface area contributed by atoms with E-state index in [0.717, 1.165) is 30.4 Å². The van der Waals surface area contributed by atoms with Gasteiger partial charge in [0.1, 0.15) is 6.54 Å². The molecule has 0 saturated heterocycles. The van der Waals surface area contributed by atoms with Crippen LogP contribution in [0.3, 0.4) is 0 Å². The van der Waals surface area contributed by atoms with Crippen molar-refractivity contribution in [2.75, 3.05) is 0 Å². The van der Waals surface area contributed by atoms with Crippen LogP contribution in [0.1, 0.15) is 17.5 Å². The number of rotatable bonds is 2. The first kappa shape index (κ1) is 8.99. The van der Waals surface area contributed by atoms with Gasteiger partial charge in [-0.15, -0.1) is 0 Å². The lowest BCUT2D eigenvalue weighted by Crippen LogP contribution is -2.26. The summed E-state index contributed by atoms with van der Waals surface area (Å²) in [5.41, 5.74) is 1.74. The van der Waals surface area contributed by atoms with Gasteiger partial charge in [-0.05, 0) is 30.9 Å². The van der Waals surface area contributed by atoms with Gasteiger partial charge in [0.25, 0.3) is 5.56 Å². The van der Waals surface area contributed by atoms with Crippen molar-refractivity contribution in [3.63, 3.8) is 0 Å². The zero-order valence-electron chi connectivity index (χ0n) is 7.69. The Morgan fingerprint density at radius 3 is 3.00 bits per heavy atom. The Morgan fingerprint density at radius 1 is 1.50 bits per heavy atom. The molecule has 0 aromatic carbocycles. The molecule has 1 aliphatic carbocycles. The molecule has 1 heterocycles. The second-order valence-corrected chi connectivity index (χ2v) is 3.50. The monoisotopic (exact) mass is 193 g/mol. The smallest absolute Gasteiger partial charge is 0.323 e. The van der Waals surface area contributed by atoms with E-state index in [4.69, 9.17) is 5.11 Å². The van der Waals surface area contributed by atoms with Crippen LogP contribution in [0.4, 0.5) is 0 Å². The van der Waals surface area contributed by atoms with Gasteiger partial charge in [-0.25, -0.2) is 0 Å². The van der Waals surface area contributed by atoms with Crippen LogP contribution in [0.2, 0.25) is 0 Å². The van der Waals surface area contributed by atoms with Crippen LogP contribution in [0.15, 0.2) is 17.1 Å². The van der Waals surface area contributed by atoms with Crippen LogP contribution in [0.25, 0.3) is 0 Å². The average molecular weight is 193 g/mol. The number of aromatic nitrogens is 1. The predicted molar refractivity (Wildman–Crippen MR) is 50.4 cm³/mol. The fraction of sp³-hybridized carbons (Fsp3) is 0.400. The molecule has 0 amide bonds. The molecule has 0 bridgehead atoms. The van der Waals surface area contributed by atoms with Crippen molar-refractivity contribution in [2.45, 2.75) is 25.8 Å². The number of fused-ring (bicyclic) bond motifs is 1. The van der Waals surface area contributed by atoms with E-state index in [0.29, 0.717) is 0 Å². The molecule has 0 radical (unpaired) electrons. The van der Waals surface area contributed by atoms with E-state index in [1.54, 1.807) is 6.20 Å². The van der Waals surface area contributed by atoms with E-state index in [1.165, 1.54) is 4.57 Å². The molecule has 1 N–H and O–H groups in total. The van der Waals surface area contributed by atoms with Crippen molar-refractivity contribution in [1.29, 1.82) is 0 Å². The minimum absolute atomic E-state index is 0.137. The summed E-state index contributed by atoms with van der Waals surface area (Å²) in [6.07, 6.45) is 4.30. The molecule has 1 aromatic heterocycles. The lowest BCUT2D eigenvalue weighted by molar-refractivity contribution is -0.137. The molecule has 0 fully saturated rings. The Morgan fingerprint density at radius 2 is 2.29 bits per heavy atom. The number of carboxylic acid groups (broad SMARTS) is 1. The summed E-state index contributed by atoms with van der Waals surface area (Å²) < 4.78 is 1.26. The van der Waals surface area contributed by atoms with Crippen LogP contribution in [-0.4, -0.2) is 15.6 Å². The highest BCUT2D eigenvalue weighted by atomic mass is 16.4. The molecule has 74 valence electrons. The lowest BCUT2D eigenvalue weighted by Gasteiger charge is -2.04. The second-order valence-electron chi connectivity index (χ2n) is 3.50. The first-order valence-electron chi connectivity index (χ1n) is 4.61. The Kier molecular flexibility index (Phi) is 2.11. The molecule has 0 spiro atoms. The van der Waals surface area contributed by atoms with Crippen molar-refractivity contribution < 1.29 is 9.90 Å². The Balaban J connectivity index is 2.45. The van der Waals surface area contributed by atoms with Gasteiger partial charge >= 0.3 is 5.97 Å². The maximum Gasteiger partial charge on any atom is 0.323 e. The molecule has 0 aliphatic heterocycles. The van der Waals surface area contributed by atoms with Crippen LogP contribution in [-0.2, 0) is 24.2 Å². The predicted octanol–water partition coefficient (Wildman–Crippen LogP) is 0.422. The summed E-state index contributed by atoms with van der Waals surface area (Å²) in [4.78, 5) is 22.2. The van der Waals surface area contributed by atoms with Crippen molar-refractivity contribution in [1.82, 2.24) is 4.57 Å². The Labute approximate surface area is 80.8 Å². The third-order valence-corrected chi connectivity index (χ3v) is 2.54. The Hall–Kier alpha value is -1.58. The molecular weight excluding hydrogens is 182 g/mol. The van der Waals surface area contributed by atoms with E-state index in [9.17, 15) is 9.59 Å². The van der Waals surface area contributed by atoms with Crippen molar-refractivity contribution in [3.8, 4) is 0 Å². The van der Waals surface area contributed by atoms with Gasteiger partial charge in [0, 0.05) is 11.8 Å². The molecule has 0 unspecified atom stereocenters. The molecule has 0 saturated carbocycles. The molecular formula is C10H11NO3. The molecule has 1 aromatic rings. The summed E-state index contributed by atoms with van der Waals surface area (Å²) in [7, 11) is 0. The van der Waals surface area contributed by atoms with Crippen molar-refractivity contribution in [3.05, 3.63) is 33.7 Å². The summed E-state index contributed by atoms with van der Waals surface area (Å²) in [5.74, 6) is -0.981. The topological polar surface area (TPSA) is 59.3 Å². The first-order chi connectivity index (χ1) is 6.68. The Bertz CT molecular complexity index is 433.